The van der Waals surface area contributed by atoms with Crippen LogP contribution in [0.4, 0.5) is 5.82 Å². The highest BCUT2D eigenvalue weighted by Crippen LogP contribution is 2.04. The van der Waals surface area contributed by atoms with Crippen molar-refractivity contribution < 1.29 is 4.79 Å². The van der Waals surface area contributed by atoms with E-state index in [-0.39, 0.29) is 0 Å². The molecule has 1 rings (SSSR count). The molecule has 0 aliphatic heterocycles. The van der Waals surface area contributed by atoms with E-state index in [1.54, 1.807) is 25.7 Å². The van der Waals surface area contributed by atoms with E-state index >= 15 is 0 Å². The lowest BCUT2D eigenvalue weighted by atomic mass is 10.2. The number of nitrogens with one attached hydrogen (secondary N) is 1. The van der Waals surface area contributed by atoms with Gasteiger partial charge in [-0.05, 0) is 25.0 Å². The van der Waals surface area contributed by atoms with Crippen LogP contribution in [0.3, 0.4) is 0 Å². The van der Waals surface area contributed by atoms with Crippen LogP contribution in [0.15, 0.2) is 28.7 Å². The van der Waals surface area contributed by atoms with E-state index in [2.05, 4.69) is 15.0 Å². The molecule has 0 aliphatic carbocycles. The fraction of sp³-hybridized carbons (Fsp3) is 0.222. The molecular weight excluding hydrogens is 166 g/mol. The highest BCUT2D eigenvalue weighted by molar-refractivity contribution is 5.89. The molecule has 68 valence electrons. The lowest BCUT2D eigenvalue weighted by Crippen LogP contribution is -1.86. The lowest BCUT2D eigenvalue weighted by molar-refractivity contribution is -0.104. The number of aldehydes is 1. The fourth-order valence-electron chi connectivity index (χ4n) is 0.680. The summed E-state index contributed by atoms with van der Waals surface area (Å²) < 4.78 is 0. The van der Waals surface area contributed by atoms with Gasteiger partial charge in [0, 0.05) is 6.21 Å². The molecular formula is C9H11N3O. The van der Waals surface area contributed by atoms with Gasteiger partial charge in [-0.15, -0.1) is 0 Å². The third kappa shape index (κ3) is 2.66. The molecule has 0 bridgehead atoms. The van der Waals surface area contributed by atoms with Crippen molar-refractivity contribution in [3.05, 3.63) is 23.7 Å². The third-order valence-corrected chi connectivity index (χ3v) is 1.68. The SMILES string of the molecule is C/C(C=O)=C(C)\C=N/c1cnc[nH]1. The first-order valence-corrected chi connectivity index (χ1v) is 3.89. The van der Waals surface area contributed by atoms with Gasteiger partial charge in [-0.25, -0.2) is 9.98 Å². The number of carbonyl (C=O) groups is 1. The van der Waals surface area contributed by atoms with Crippen molar-refractivity contribution in [2.45, 2.75) is 13.8 Å². The number of hydrogen-bond acceptors (Lipinski definition) is 3. The summed E-state index contributed by atoms with van der Waals surface area (Å²) in [6.07, 6.45) is 5.61. The molecule has 0 unspecified atom stereocenters. The molecule has 0 aromatic carbocycles. The second-order valence-electron chi connectivity index (χ2n) is 2.68. The van der Waals surface area contributed by atoms with E-state index in [0.29, 0.717) is 11.4 Å². The number of H-pyrrole nitrogens is 1. The molecule has 0 fully saturated rings. The average Bonchev–Trinajstić information content (AvgIpc) is 2.65. The highest BCUT2D eigenvalue weighted by Gasteiger charge is 1.91. The molecule has 0 aliphatic rings. The van der Waals surface area contributed by atoms with Crippen LogP contribution in [-0.2, 0) is 4.79 Å². The quantitative estimate of drug-likeness (QED) is 0.433. The number of allylic oxidation sites excluding steroid dienone is 2. The first-order valence-electron chi connectivity index (χ1n) is 3.89. The van der Waals surface area contributed by atoms with E-state index in [1.807, 2.05) is 6.92 Å². The fourth-order valence-corrected chi connectivity index (χ4v) is 0.680. The molecule has 1 aromatic rings. The van der Waals surface area contributed by atoms with Crippen LogP contribution in [0.2, 0.25) is 0 Å². The summed E-state index contributed by atoms with van der Waals surface area (Å²) in [5.74, 6) is 0.679. The zero-order chi connectivity index (χ0) is 9.68. The van der Waals surface area contributed by atoms with Crippen LogP contribution in [0.5, 0.6) is 0 Å². The number of aliphatic imine (C=N–C) groups is 1. The molecule has 4 heteroatoms. The van der Waals surface area contributed by atoms with Crippen LogP contribution >= 0.6 is 0 Å². The Bertz CT molecular complexity index is 336. The summed E-state index contributed by atoms with van der Waals surface area (Å²) >= 11 is 0. The van der Waals surface area contributed by atoms with Gasteiger partial charge in [0.05, 0.1) is 12.5 Å². The Kier molecular flexibility index (Phi) is 3.14. The van der Waals surface area contributed by atoms with Gasteiger partial charge in [0.1, 0.15) is 12.1 Å². The number of aromatic amines is 1. The number of hydrogen-bond donors (Lipinski definition) is 1. The second kappa shape index (κ2) is 4.35. The monoisotopic (exact) mass is 177 g/mol. The summed E-state index contributed by atoms with van der Waals surface area (Å²) in [4.78, 5) is 21.1. The van der Waals surface area contributed by atoms with E-state index in [9.17, 15) is 4.79 Å². The first-order chi connectivity index (χ1) is 6.24. The molecule has 1 aromatic heterocycles. The molecule has 0 radical (unpaired) electrons. The normalized spacial score (nSPS) is 13.1. The summed E-state index contributed by atoms with van der Waals surface area (Å²) in [5.41, 5.74) is 1.54. The Morgan fingerprint density at radius 1 is 1.54 bits per heavy atom. The van der Waals surface area contributed by atoms with E-state index in [0.717, 1.165) is 11.9 Å². The maximum Gasteiger partial charge on any atom is 0.149 e. The van der Waals surface area contributed by atoms with Gasteiger partial charge in [-0.1, -0.05) is 0 Å². The molecule has 0 atom stereocenters. The van der Waals surface area contributed by atoms with Crippen LogP contribution in [0.1, 0.15) is 13.8 Å². The topological polar surface area (TPSA) is 58.1 Å². The van der Waals surface area contributed by atoms with E-state index in [1.165, 1.54) is 0 Å². The van der Waals surface area contributed by atoms with Crippen molar-refractivity contribution in [2.75, 3.05) is 0 Å². The number of nitrogens with zero attached hydrogens (tertiary/aromatic N) is 2. The van der Waals surface area contributed by atoms with Crippen molar-refractivity contribution in [3.63, 3.8) is 0 Å². The largest absolute Gasteiger partial charge is 0.330 e. The zero-order valence-electron chi connectivity index (χ0n) is 7.61. The minimum absolute atomic E-state index is 0.679. The molecule has 1 heterocycles. The van der Waals surface area contributed by atoms with Crippen molar-refractivity contribution in [3.8, 4) is 0 Å². The second-order valence-corrected chi connectivity index (χ2v) is 2.68. The summed E-state index contributed by atoms with van der Waals surface area (Å²) in [5, 5.41) is 0. The maximum absolute atomic E-state index is 10.4. The number of imidazole rings is 1. The smallest absolute Gasteiger partial charge is 0.149 e. The van der Waals surface area contributed by atoms with Gasteiger partial charge < -0.3 is 4.98 Å². The molecule has 4 nitrogen and oxygen atoms in total. The Labute approximate surface area is 76.4 Å². The summed E-state index contributed by atoms with van der Waals surface area (Å²) in [6.45, 7) is 3.59. The van der Waals surface area contributed by atoms with Crippen LogP contribution in [0.25, 0.3) is 0 Å². The zero-order valence-corrected chi connectivity index (χ0v) is 7.61. The lowest BCUT2D eigenvalue weighted by Gasteiger charge is -1.92. The maximum atomic E-state index is 10.4. The molecule has 0 saturated heterocycles. The predicted octanol–water partition coefficient (Wildman–Crippen LogP) is 1.65. The van der Waals surface area contributed by atoms with Crippen molar-refractivity contribution in [1.82, 2.24) is 9.97 Å². The Morgan fingerprint density at radius 2 is 2.31 bits per heavy atom. The first kappa shape index (κ1) is 9.38. The van der Waals surface area contributed by atoms with Gasteiger partial charge in [0.15, 0.2) is 0 Å². The standard InChI is InChI=1S/C9H11N3O/c1-7(8(2)5-13)3-11-9-4-10-6-12-9/h3-6H,1-2H3,(H,10,12)/b8-7+,11-3-. The molecule has 13 heavy (non-hydrogen) atoms. The van der Waals surface area contributed by atoms with Gasteiger partial charge in [0.2, 0.25) is 0 Å². The average molecular weight is 177 g/mol. The molecule has 0 amide bonds. The van der Waals surface area contributed by atoms with Crippen molar-refractivity contribution >= 4 is 18.3 Å². The minimum Gasteiger partial charge on any atom is -0.330 e. The van der Waals surface area contributed by atoms with E-state index in [4.69, 9.17) is 0 Å². The van der Waals surface area contributed by atoms with Crippen molar-refractivity contribution in [1.29, 1.82) is 0 Å². The molecule has 1 N–H and O–H groups in total. The Morgan fingerprint density at radius 3 is 2.85 bits per heavy atom. The Hall–Kier alpha value is -1.71. The summed E-state index contributed by atoms with van der Waals surface area (Å²) in [7, 11) is 0. The van der Waals surface area contributed by atoms with Gasteiger partial charge in [0.25, 0.3) is 0 Å². The highest BCUT2D eigenvalue weighted by atomic mass is 16.1. The van der Waals surface area contributed by atoms with Crippen LogP contribution in [0, 0.1) is 0 Å². The van der Waals surface area contributed by atoms with Crippen LogP contribution in [-0.4, -0.2) is 22.5 Å². The van der Waals surface area contributed by atoms with Gasteiger partial charge in [-0.3, -0.25) is 4.79 Å². The number of carbonyl (C=O) groups excluding carboxylic acids is 1. The number of rotatable bonds is 3. The predicted molar refractivity (Wildman–Crippen MR) is 51.2 cm³/mol. The van der Waals surface area contributed by atoms with E-state index < -0.39 is 0 Å². The van der Waals surface area contributed by atoms with Crippen molar-refractivity contribution in [2.24, 2.45) is 4.99 Å². The van der Waals surface area contributed by atoms with Gasteiger partial charge in [-0.2, -0.15) is 0 Å². The summed E-state index contributed by atoms with van der Waals surface area (Å²) in [6, 6.07) is 0. The Balaban J connectivity index is 2.74. The van der Waals surface area contributed by atoms with Crippen LogP contribution < -0.4 is 0 Å². The third-order valence-electron chi connectivity index (χ3n) is 1.68. The minimum atomic E-state index is 0.679. The molecule has 0 saturated carbocycles. The number of aromatic nitrogens is 2. The van der Waals surface area contributed by atoms with Gasteiger partial charge >= 0.3 is 0 Å². The molecule has 0 spiro atoms.